The highest BCUT2D eigenvalue weighted by Crippen LogP contribution is 2.25. The number of imidazole rings is 2. The summed E-state index contributed by atoms with van der Waals surface area (Å²) in [7, 11) is 0. The Morgan fingerprint density at radius 2 is 1.80 bits per heavy atom. The molecule has 25 heavy (non-hydrogen) atoms. The first-order valence-electron chi connectivity index (χ1n) is 7.77. The van der Waals surface area contributed by atoms with E-state index in [1.54, 1.807) is 24.5 Å². The second kappa shape index (κ2) is 6.53. The van der Waals surface area contributed by atoms with E-state index in [9.17, 15) is 4.39 Å². The highest BCUT2D eigenvalue weighted by atomic mass is 35.5. The van der Waals surface area contributed by atoms with Gasteiger partial charge in [0.25, 0.3) is 0 Å². The number of nitrogens with zero attached hydrogens (tertiary/aromatic N) is 3. The Bertz CT molecular complexity index is 910. The molecule has 0 aliphatic heterocycles. The zero-order valence-corrected chi connectivity index (χ0v) is 13.9. The van der Waals surface area contributed by atoms with Crippen molar-refractivity contribution in [3.63, 3.8) is 0 Å². The summed E-state index contributed by atoms with van der Waals surface area (Å²) in [5.74, 6) is 1.31. The lowest BCUT2D eigenvalue weighted by Gasteiger charge is -2.08. The van der Waals surface area contributed by atoms with Crippen LogP contribution in [0.2, 0.25) is 5.02 Å². The fourth-order valence-electron chi connectivity index (χ4n) is 2.68. The molecule has 0 atom stereocenters. The van der Waals surface area contributed by atoms with Crippen molar-refractivity contribution >= 4 is 11.6 Å². The van der Waals surface area contributed by atoms with Crippen LogP contribution in [0.25, 0.3) is 17.1 Å². The third-order valence-corrected chi connectivity index (χ3v) is 4.12. The van der Waals surface area contributed by atoms with E-state index < -0.39 is 0 Å². The van der Waals surface area contributed by atoms with Gasteiger partial charge in [-0.1, -0.05) is 11.6 Å². The summed E-state index contributed by atoms with van der Waals surface area (Å²) in [5.41, 5.74) is 2.63. The first-order valence-corrected chi connectivity index (χ1v) is 8.15. The minimum atomic E-state index is -0.274. The summed E-state index contributed by atoms with van der Waals surface area (Å²) in [4.78, 5) is 12.1. The van der Waals surface area contributed by atoms with E-state index in [1.165, 1.54) is 12.1 Å². The predicted octanol–water partition coefficient (Wildman–Crippen LogP) is 4.65. The van der Waals surface area contributed by atoms with Gasteiger partial charge in [0, 0.05) is 41.3 Å². The van der Waals surface area contributed by atoms with E-state index >= 15 is 0 Å². The van der Waals surface area contributed by atoms with Gasteiger partial charge in [-0.05, 0) is 48.5 Å². The molecule has 0 unspecified atom stereocenters. The average Bonchev–Trinajstić information content (AvgIpc) is 3.27. The van der Waals surface area contributed by atoms with Crippen molar-refractivity contribution < 1.29 is 4.39 Å². The van der Waals surface area contributed by atoms with E-state index in [1.807, 2.05) is 35.0 Å². The van der Waals surface area contributed by atoms with E-state index in [-0.39, 0.29) is 5.82 Å². The van der Waals surface area contributed by atoms with Crippen molar-refractivity contribution in [1.82, 2.24) is 19.5 Å². The number of hydrogen-bond donors (Lipinski definition) is 1. The van der Waals surface area contributed by atoms with Crippen LogP contribution in [0.5, 0.6) is 0 Å². The summed E-state index contributed by atoms with van der Waals surface area (Å²) in [6.07, 6.45) is 6.05. The largest absolute Gasteiger partial charge is 0.348 e. The zero-order valence-electron chi connectivity index (χ0n) is 13.2. The van der Waals surface area contributed by atoms with Crippen LogP contribution in [0.3, 0.4) is 0 Å². The number of halogens is 2. The summed E-state index contributed by atoms with van der Waals surface area (Å²) in [6.45, 7) is 0. The number of H-pyrrole nitrogens is 1. The molecule has 6 heteroatoms. The summed E-state index contributed by atoms with van der Waals surface area (Å²) in [5, 5.41) is 0.669. The van der Waals surface area contributed by atoms with Gasteiger partial charge in [0.15, 0.2) is 0 Å². The number of benzene rings is 2. The molecule has 0 radical (unpaired) electrons. The second-order valence-electron chi connectivity index (χ2n) is 5.62. The number of hydrogen-bond acceptors (Lipinski definition) is 2. The Hall–Kier alpha value is -2.92. The van der Waals surface area contributed by atoms with Crippen molar-refractivity contribution in [3.05, 3.63) is 89.5 Å². The van der Waals surface area contributed by atoms with E-state index in [0.717, 1.165) is 28.6 Å². The maximum absolute atomic E-state index is 13.3. The lowest BCUT2D eigenvalue weighted by atomic mass is 10.2. The average molecular weight is 353 g/mol. The molecule has 2 heterocycles. The molecule has 0 bridgehead atoms. The Morgan fingerprint density at radius 1 is 1.04 bits per heavy atom. The molecule has 4 aromatic rings. The lowest BCUT2D eigenvalue weighted by molar-refractivity contribution is 0.628. The zero-order chi connectivity index (χ0) is 17.2. The Balaban J connectivity index is 1.80. The first-order chi connectivity index (χ1) is 12.2. The number of rotatable bonds is 4. The second-order valence-corrected chi connectivity index (χ2v) is 6.06. The summed E-state index contributed by atoms with van der Waals surface area (Å²) >= 11 is 5.99. The van der Waals surface area contributed by atoms with Crippen LogP contribution in [0.1, 0.15) is 11.5 Å². The molecule has 0 saturated carbocycles. The van der Waals surface area contributed by atoms with Gasteiger partial charge in [-0.3, -0.25) is 4.57 Å². The van der Waals surface area contributed by atoms with Crippen molar-refractivity contribution in [2.24, 2.45) is 0 Å². The van der Waals surface area contributed by atoms with Crippen LogP contribution in [-0.2, 0) is 6.42 Å². The van der Waals surface area contributed by atoms with Gasteiger partial charge in [-0.25, -0.2) is 14.4 Å². The normalized spacial score (nSPS) is 11.0. The maximum Gasteiger partial charge on any atom is 0.144 e. The highest BCUT2D eigenvalue weighted by Gasteiger charge is 2.13. The quantitative estimate of drug-likeness (QED) is 0.581. The molecular weight excluding hydrogens is 339 g/mol. The molecule has 0 aliphatic carbocycles. The Kier molecular flexibility index (Phi) is 4.07. The van der Waals surface area contributed by atoms with E-state index in [0.29, 0.717) is 11.4 Å². The minimum absolute atomic E-state index is 0.274. The minimum Gasteiger partial charge on any atom is -0.348 e. The SMILES string of the molecule is Fc1ccc(-c2nc(Cc3ncc[nH]3)cn2-c2ccc(Cl)cc2)cc1. The van der Waals surface area contributed by atoms with Gasteiger partial charge in [0.2, 0.25) is 0 Å². The van der Waals surface area contributed by atoms with E-state index in [4.69, 9.17) is 16.6 Å². The molecule has 0 amide bonds. The molecule has 124 valence electrons. The Labute approximate surface area is 149 Å². The van der Waals surface area contributed by atoms with Crippen molar-refractivity contribution in [1.29, 1.82) is 0 Å². The number of aromatic amines is 1. The fourth-order valence-corrected chi connectivity index (χ4v) is 2.81. The topological polar surface area (TPSA) is 46.5 Å². The first kappa shape index (κ1) is 15.6. The van der Waals surface area contributed by atoms with Gasteiger partial charge < -0.3 is 4.98 Å². The number of nitrogens with one attached hydrogen (secondary N) is 1. The van der Waals surface area contributed by atoms with Crippen LogP contribution < -0.4 is 0 Å². The lowest BCUT2D eigenvalue weighted by Crippen LogP contribution is -1.96. The molecule has 0 spiro atoms. The highest BCUT2D eigenvalue weighted by molar-refractivity contribution is 6.30. The van der Waals surface area contributed by atoms with Gasteiger partial charge in [0.05, 0.1) is 5.69 Å². The molecule has 4 nitrogen and oxygen atoms in total. The van der Waals surface area contributed by atoms with Gasteiger partial charge in [0.1, 0.15) is 17.5 Å². The Morgan fingerprint density at radius 3 is 2.48 bits per heavy atom. The molecule has 4 rings (SSSR count). The van der Waals surface area contributed by atoms with Crippen LogP contribution in [0, 0.1) is 5.82 Å². The van der Waals surface area contributed by atoms with Crippen LogP contribution in [-0.4, -0.2) is 19.5 Å². The molecule has 2 aromatic carbocycles. The third kappa shape index (κ3) is 3.32. The van der Waals surface area contributed by atoms with E-state index in [2.05, 4.69) is 9.97 Å². The molecule has 1 N–H and O–H groups in total. The van der Waals surface area contributed by atoms with Gasteiger partial charge >= 0.3 is 0 Å². The standard InChI is InChI=1S/C19H14ClFN4/c20-14-3-7-17(8-4-14)25-12-16(11-18-22-9-10-23-18)24-19(25)13-1-5-15(21)6-2-13/h1-10,12H,11H2,(H,22,23). The molecular formula is C19H14ClFN4. The third-order valence-electron chi connectivity index (χ3n) is 3.87. The monoisotopic (exact) mass is 352 g/mol. The predicted molar refractivity (Wildman–Crippen MR) is 95.4 cm³/mol. The fraction of sp³-hybridized carbons (Fsp3) is 0.0526. The van der Waals surface area contributed by atoms with Gasteiger partial charge in [-0.15, -0.1) is 0 Å². The van der Waals surface area contributed by atoms with Crippen LogP contribution >= 0.6 is 11.6 Å². The number of aromatic nitrogens is 4. The maximum atomic E-state index is 13.3. The molecule has 0 aliphatic rings. The molecule has 0 fully saturated rings. The molecule has 2 aromatic heterocycles. The van der Waals surface area contributed by atoms with Gasteiger partial charge in [-0.2, -0.15) is 0 Å². The van der Waals surface area contributed by atoms with Crippen molar-refractivity contribution in [3.8, 4) is 17.1 Å². The van der Waals surface area contributed by atoms with Crippen LogP contribution in [0.15, 0.2) is 67.1 Å². The summed E-state index contributed by atoms with van der Waals surface area (Å²) < 4.78 is 15.2. The summed E-state index contributed by atoms with van der Waals surface area (Å²) in [6, 6.07) is 13.8. The smallest absolute Gasteiger partial charge is 0.144 e. The van der Waals surface area contributed by atoms with Crippen molar-refractivity contribution in [2.75, 3.05) is 0 Å². The van der Waals surface area contributed by atoms with Crippen LogP contribution in [0.4, 0.5) is 4.39 Å². The van der Waals surface area contributed by atoms with Crippen molar-refractivity contribution in [2.45, 2.75) is 6.42 Å². The molecule has 0 saturated heterocycles.